The summed E-state index contributed by atoms with van der Waals surface area (Å²) in [6.07, 6.45) is 1.12. The van der Waals surface area contributed by atoms with Crippen LogP contribution in [0, 0.1) is 19.1 Å². The first kappa shape index (κ1) is 27.4. The molecule has 13 heteroatoms. The third-order valence-corrected chi connectivity index (χ3v) is 8.36. The van der Waals surface area contributed by atoms with Gasteiger partial charge in [-0.2, -0.15) is 16.8 Å². The lowest BCUT2D eigenvalue weighted by atomic mass is 10.2. The number of aromatic nitrogens is 3. The molecule has 3 aromatic carbocycles. The lowest BCUT2D eigenvalue weighted by molar-refractivity contribution is -0.643. The van der Waals surface area contributed by atoms with Crippen LogP contribution in [0.15, 0.2) is 82.8 Å². The van der Waals surface area contributed by atoms with Crippen LogP contribution in [0.1, 0.15) is 11.1 Å². The number of rotatable bonds is 11. The van der Waals surface area contributed by atoms with Crippen LogP contribution < -0.4 is 9.75 Å². The second-order valence-corrected chi connectivity index (χ2v) is 11.7. The molecule has 11 nitrogen and oxygen atoms in total. The molecule has 0 unspecified atom stereocenters. The molecule has 0 spiro atoms. The minimum atomic E-state index is -4.00. The lowest BCUT2D eigenvalue weighted by Crippen LogP contribution is -2.33. The average molecular weight is 559 g/mol. The van der Waals surface area contributed by atoms with Crippen molar-refractivity contribution >= 4 is 37.0 Å². The number of aryl methyl sites for hydroxylation is 2. The van der Waals surface area contributed by atoms with E-state index in [4.69, 9.17) is 8.37 Å². The Morgan fingerprint density at radius 1 is 0.789 bits per heavy atom. The van der Waals surface area contributed by atoms with Crippen molar-refractivity contribution in [1.82, 2.24) is 10.1 Å². The summed E-state index contributed by atoms with van der Waals surface area (Å²) < 4.78 is 60.9. The normalized spacial score (nSPS) is 12.1. The number of fused-ring (bicyclic) bond motifs is 1. The fraction of sp³-hybridized carbons (Fsp3) is 0.240. The second-order valence-electron chi connectivity index (χ2n) is 8.47. The topological polar surface area (TPSA) is 143 Å². The maximum absolute atomic E-state index is 12.6. The molecule has 38 heavy (non-hydrogen) atoms. The van der Waals surface area contributed by atoms with Gasteiger partial charge in [-0.1, -0.05) is 35.4 Å². The van der Waals surface area contributed by atoms with Gasteiger partial charge in [0, 0.05) is 29.9 Å². The quantitative estimate of drug-likeness (QED) is 0.153. The molecule has 1 aromatic heterocycles. The molecular formula is C25H26N4O7S2. The van der Waals surface area contributed by atoms with Crippen LogP contribution in [-0.2, 0) is 28.6 Å². The zero-order valence-corrected chi connectivity index (χ0v) is 22.4. The van der Waals surface area contributed by atoms with Crippen molar-refractivity contribution in [2.24, 2.45) is 0 Å². The zero-order chi connectivity index (χ0) is 27.3. The van der Waals surface area contributed by atoms with Crippen molar-refractivity contribution in [1.29, 1.82) is 0 Å². The van der Waals surface area contributed by atoms with E-state index in [0.717, 1.165) is 17.5 Å². The van der Waals surface area contributed by atoms with E-state index in [2.05, 4.69) is 10.1 Å². The molecular weight excluding hydrogens is 532 g/mol. The minimum Gasteiger partial charge on any atom is -0.594 e. The highest BCUT2D eigenvalue weighted by atomic mass is 32.2. The Kier molecular flexibility index (Phi) is 8.21. The fourth-order valence-electron chi connectivity index (χ4n) is 3.60. The van der Waals surface area contributed by atoms with Gasteiger partial charge >= 0.3 is 0 Å². The van der Waals surface area contributed by atoms with Gasteiger partial charge in [0.2, 0.25) is 0 Å². The molecule has 0 aliphatic carbocycles. The lowest BCUT2D eigenvalue weighted by Gasteiger charge is -2.24. The van der Waals surface area contributed by atoms with E-state index in [1.54, 1.807) is 41.3 Å². The highest BCUT2D eigenvalue weighted by Crippen LogP contribution is 2.20. The molecule has 200 valence electrons. The number of anilines is 1. The summed E-state index contributed by atoms with van der Waals surface area (Å²) in [5.74, 6) is 0. The van der Waals surface area contributed by atoms with E-state index in [-0.39, 0.29) is 41.6 Å². The monoisotopic (exact) mass is 558 g/mol. The Hall–Kier alpha value is -3.65. The van der Waals surface area contributed by atoms with Crippen LogP contribution in [0.2, 0.25) is 0 Å². The highest BCUT2D eigenvalue weighted by molar-refractivity contribution is 7.87. The van der Waals surface area contributed by atoms with E-state index >= 15 is 0 Å². The van der Waals surface area contributed by atoms with Crippen LogP contribution in [0.3, 0.4) is 0 Å². The maximum Gasteiger partial charge on any atom is 0.297 e. The summed E-state index contributed by atoms with van der Waals surface area (Å²) in [5.41, 5.74) is 2.99. The molecule has 0 radical (unpaired) electrons. The van der Waals surface area contributed by atoms with Crippen LogP contribution in [0.4, 0.5) is 5.69 Å². The van der Waals surface area contributed by atoms with Crippen molar-refractivity contribution in [3.63, 3.8) is 0 Å². The standard InChI is InChI=1S/C25H26N4O7S2/c1-19-3-8-22(9-4-19)37(31,32)35-15-13-28(21-7-12-25-24(17-21)26-18-27-29(25)30)14-16-36-38(33,34)23-10-5-20(2)6-11-23/h3-12,17-18H,13-16H2,1-2H3. The molecule has 0 aliphatic rings. The fourth-order valence-corrected chi connectivity index (χ4v) is 5.40. The molecule has 1 heterocycles. The third-order valence-electron chi connectivity index (χ3n) is 5.70. The molecule has 0 N–H and O–H groups in total. The van der Waals surface area contributed by atoms with Gasteiger partial charge in [0.25, 0.3) is 25.8 Å². The second kappa shape index (κ2) is 11.4. The maximum atomic E-state index is 12.6. The molecule has 0 aliphatic heterocycles. The van der Waals surface area contributed by atoms with Crippen LogP contribution >= 0.6 is 0 Å². The SMILES string of the molecule is Cc1ccc(S(=O)(=O)OCCN(CCOS(=O)(=O)c2ccc(C)cc2)c2ccc3c(c2)ncn[n+]3[O-])cc1. The first-order chi connectivity index (χ1) is 18.0. The summed E-state index contributed by atoms with van der Waals surface area (Å²) in [6, 6.07) is 17.3. The van der Waals surface area contributed by atoms with E-state index in [0.29, 0.717) is 16.0 Å². The molecule has 0 bridgehead atoms. The Bertz CT molecular complexity index is 1550. The first-order valence-corrected chi connectivity index (χ1v) is 14.4. The Morgan fingerprint density at radius 2 is 1.29 bits per heavy atom. The molecule has 0 saturated heterocycles. The van der Waals surface area contributed by atoms with Gasteiger partial charge in [0.05, 0.1) is 23.0 Å². The van der Waals surface area contributed by atoms with Crippen molar-refractivity contribution in [3.8, 4) is 0 Å². The summed E-state index contributed by atoms with van der Waals surface area (Å²) in [7, 11) is -8.00. The van der Waals surface area contributed by atoms with Crippen LogP contribution in [-0.4, -0.2) is 53.2 Å². The number of benzene rings is 3. The highest BCUT2D eigenvalue weighted by Gasteiger charge is 2.19. The first-order valence-electron chi connectivity index (χ1n) is 11.6. The number of nitrogens with zero attached hydrogens (tertiary/aromatic N) is 4. The van der Waals surface area contributed by atoms with E-state index in [1.165, 1.54) is 30.3 Å². The third kappa shape index (κ3) is 6.61. The van der Waals surface area contributed by atoms with E-state index in [9.17, 15) is 22.0 Å². The summed E-state index contributed by atoms with van der Waals surface area (Å²) >= 11 is 0. The van der Waals surface area contributed by atoms with Crippen molar-refractivity contribution < 1.29 is 30.0 Å². The Balaban J connectivity index is 1.50. The van der Waals surface area contributed by atoms with Gasteiger partial charge in [-0.3, -0.25) is 8.37 Å². The van der Waals surface area contributed by atoms with Crippen molar-refractivity contribution in [2.45, 2.75) is 23.6 Å². The summed E-state index contributed by atoms with van der Waals surface area (Å²) in [5, 5.41) is 15.5. The zero-order valence-electron chi connectivity index (χ0n) is 20.7. The summed E-state index contributed by atoms with van der Waals surface area (Å²) in [4.78, 5) is 6.29. The molecule has 4 aromatic rings. The van der Waals surface area contributed by atoms with Crippen LogP contribution in [0.25, 0.3) is 11.0 Å². The minimum absolute atomic E-state index is 0.0320. The predicted molar refractivity (Wildman–Crippen MR) is 139 cm³/mol. The number of hydrogen-bond acceptors (Lipinski definition) is 10. The van der Waals surface area contributed by atoms with Gasteiger partial charge in [-0.05, 0) is 55.1 Å². The smallest absolute Gasteiger partial charge is 0.297 e. The summed E-state index contributed by atoms with van der Waals surface area (Å²) in [6.45, 7) is 3.41. The van der Waals surface area contributed by atoms with Crippen molar-refractivity contribution in [2.75, 3.05) is 31.2 Å². The molecule has 0 atom stereocenters. The van der Waals surface area contributed by atoms with E-state index in [1.807, 2.05) is 13.8 Å². The Morgan fingerprint density at radius 3 is 1.79 bits per heavy atom. The van der Waals surface area contributed by atoms with Gasteiger partial charge in [0.15, 0.2) is 6.33 Å². The molecule has 0 amide bonds. The average Bonchev–Trinajstić information content (AvgIpc) is 2.88. The van der Waals surface area contributed by atoms with Crippen molar-refractivity contribution in [3.05, 3.63) is 89.4 Å². The Labute approximate surface area is 221 Å². The largest absolute Gasteiger partial charge is 0.594 e. The predicted octanol–water partition coefficient (Wildman–Crippen LogP) is 2.50. The van der Waals surface area contributed by atoms with Gasteiger partial charge < -0.3 is 10.1 Å². The van der Waals surface area contributed by atoms with Crippen LogP contribution in [0.5, 0.6) is 0 Å². The van der Waals surface area contributed by atoms with Gasteiger partial charge in [-0.15, -0.1) is 0 Å². The number of hydrogen-bond donors (Lipinski definition) is 0. The van der Waals surface area contributed by atoms with Gasteiger partial charge in [-0.25, -0.2) is 4.98 Å². The molecule has 0 fully saturated rings. The molecule has 0 saturated carbocycles. The van der Waals surface area contributed by atoms with E-state index < -0.39 is 20.2 Å². The molecule has 4 rings (SSSR count). The van der Waals surface area contributed by atoms with Gasteiger partial charge in [0.1, 0.15) is 5.52 Å².